The molecular weight excluding hydrogens is 334 g/mol. The molecule has 0 radical (unpaired) electrons. The van der Waals surface area contributed by atoms with Crippen LogP contribution in [0.3, 0.4) is 0 Å². The van der Waals surface area contributed by atoms with Crippen LogP contribution in [-0.4, -0.2) is 18.1 Å². The third kappa shape index (κ3) is 3.98. The van der Waals surface area contributed by atoms with Crippen molar-refractivity contribution >= 4 is 17.5 Å². The number of amides is 1. The number of benzene rings is 2. The monoisotopic (exact) mass is 357 g/mol. The molecule has 0 spiro atoms. The summed E-state index contributed by atoms with van der Waals surface area (Å²) in [5.74, 6) is 0.524. The fourth-order valence-electron chi connectivity index (χ4n) is 3.27. The van der Waals surface area contributed by atoms with Crippen molar-refractivity contribution in [2.75, 3.05) is 6.54 Å². The van der Waals surface area contributed by atoms with E-state index in [2.05, 4.69) is 29.6 Å². The van der Waals surface area contributed by atoms with E-state index in [9.17, 15) is 4.79 Å². The van der Waals surface area contributed by atoms with Gasteiger partial charge in [0.05, 0.1) is 0 Å². The molecule has 0 bridgehead atoms. The molecule has 0 unspecified atom stereocenters. The van der Waals surface area contributed by atoms with Crippen molar-refractivity contribution < 1.29 is 9.53 Å². The standard InChI is InChI=1S/C21H24ClNO2/c1-20(2,25-18-11-9-17(22)10-12-18)19(24)23-15-21(13-6-14-21)16-7-4-3-5-8-16/h3-5,7-12H,6,13-15H2,1-2H3,(H,23,24). The number of hydrogen-bond acceptors (Lipinski definition) is 2. The first-order valence-electron chi connectivity index (χ1n) is 8.70. The van der Waals surface area contributed by atoms with Crippen LogP contribution in [0.1, 0.15) is 38.7 Å². The van der Waals surface area contributed by atoms with Gasteiger partial charge in [-0.2, -0.15) is 0 Å². The summed E-state index contributed by atoms with van der Waals surface area (Å²) in [6, 6.07) is 17.5. The highest BCUT2D eigenvalue weighted by molar-refractivity contribution is 6.30. The number of halogens is 1. The largest absolute Gasteiger partial charge is 0.478 e. The van der Waals surface area contributed by atoms with Crippen LogP contribution < -0.4 is 10.1 Å². The predicted molar refractivity (Wildman–Crippen MR) is 101 cm³/mol. The van der Waals surface area contributed by atoms with Gasteiger partial charge < -0.3 is 10.1 Å². The smallest absolute Gasteiger partial charge is 0.263 e. The van der Waals surface area contributed by atoms with Crippen molar-refractivity contribution in [2.45, 2.75) is 44.1 Å². The molecule has 25 heavy (non-hydrogen) atoms. The highest BCUT2D eigenvalue weighted by Gasteiger charge is 2.40. The minimum absolute atomic E-state index is 0.0628. The van der Waals surface area contributed by atoms with E-state index in [4.69, 9.17) is 16.3 Å². The predicted octanol–water partition coefficient (Wildman–Crippen LogP) is 4.74. The van der Waals surface area contributed by atoms with Crippen molar-refractivity contribution in [1.82, 2.24) is 5.32 Å². The normalized spacial score (nSPS) is 16.0. The summed E-state index contributed by atoms with van der Waals surface area (Å²) in [4.78, 5) is 12.7. The number of ether oxygens (including phenoxy) is 1. The van der Waals surface area contributed by atoms with Gasteiger partial charge in [-0.3, -0.25) is 4.79 Å². The lowest BCUT2D eigenvalue weighted by atomic mass is 9.64. The zero-order valence-electron chi connectivity index (χ0n) is 14.7. The minimum Gasteiger partial charge on any atom is -0.478 e. The molecule has 0 saturated heterocycles. The molecule has 2 aromatic carbocycles. The van der Waals surface area contributed by atoms with Gasteiger partial charge in [0, 0.05) is 17.0 Å². The van der Waals surface area contributed by atoms with Gasteiger partial charge in [-0.05, 0) is 56.5 Å². The Labute approximate surface area is 154 Å². The van der Waals surface area contributed by atoms with Crippen molar-refractivity contribution in [1.29, 1.82) is 0 Å². The van der Waals surface area contributed by atoms with Crippen LogP contribution in [0.2, 0.25) is 5.02 Å². The summed E-state index contributed by atoms with van der Waals surface area (Å²) in [6.45, 7) is 4.21. The SMILES string of the molecule is CC(C)(Oc1ccc(Cl)cc1)C(=O)NCC1(c2ccccc2)CCC1. The first-order chi connectivity index (χ1) is 11.9. The Kier molecular flexibility index (Phi) is 5.05. The molecule has 0 heterocycles. The van der Waals surface area contributed by atoms with Crippen molar-refractivity contribution in [3.63, 3.8) is 0 Å². The highest BCUT2D eigenvalue weighted by Crippen LogP contribution is 2.43. The lowest BCUT2D eigenvalue weighted by molar-refractivity contribution is -0.134. The molecule has 0 aliphatic heterocycles. The lowest BCUT2D eigenvalue weighted by Gasteiger charge is -2.43. The van der Waals surface area contributed by atoms with Crippen LogP contribution in [0.5, 0.6) is 5.75 Å². The van der Waals surface area contributed by atoms with Crippen LogP contribution >= 0.6 is 11.6 Å². The van der Waals surface area contributed by atoms with Crippen LogP contribution in [0.25, 0.3) is 0 Å². The molecule has 132 valence electrons. The molecule has 1 fully saturated rings. The maximum Gasteiger partial charge on any atom is 0.263 e. The number of rotatable bonds is 6. The summed E-state index contributed by atoms with van der Waals surface area (Å²) in [5.41, 5.74) is 0.417. The molecule has 1 N–H and O–H groups in total. The Balaban J connectivity index is 1.63. The molecular formula is C21H24ClNO2. The molecule has 1 aliphatic carbocycles. The van der Waals surface area contributed by atoms with Crippen LogP contribution in [0.4, 0.5) is 0 Å². The second-order valence-electron chi connectivity index (χ2n) is 7.25. The van der Waals surface area contributed by atoms with E-state index in [0.717, 1.165) is 12.8 Å². The fraction of sp³-hybridized carbons (Fsp3) is 0.381. The Morgan fingerprint density at radius 1 is 1.12 bits per heavy atom. The van der Waals surface area contributed by atoms with Gasteiger partial charge in [0.1, 0.15) is 5.75 Å². The van der Waals surface area contributed by atoms with Gasteiger partial charge >= 0.3 is 0 Å². The number of carbonyl (C=O) groups excluding carboxylic acids is 1. The summed E-state index contributed by atoms with van der Waals surface area (Å²) in [6.07, 6.45) is 3.42. The van der Waals surface area contributed by atoms with E-state index >= 15 is 0 Å². The lowest BCUT2D eigenvalue weighted by Crippen LogP contribution is -2.52. The maximum atomic E-state index is 12.7. The average molecular weight is 358 g/mol. The second kappa shape index (κ2) is 7.09. The Bertz CT molecular complexity index is 721. The third-order valence-corrected chi connectivity index (χ3v) is 5.27. The quantitative estimate of drug-likeness (QED) is 0.811. The zero-order chi connectivity index (χ0) is 17.9. The molecule has 1 aliphatic rings. The summed E-state index contributed by atoms with van der Waals surface area (Å²) in [5, 5.41) is 3.75. The molecule has 1 amide bonds. The fourth-order valence-corrected chi connectivity index (χ4v) is 3.39. The Hall–Kier alpha value is -2.00. The molecule has 4 heteroatoms. The third-order valence-electron chi connectivity index (χ3n) is 5.02. The first kappa shape index (κ1) is 17.8. The van der Waals surface area contributed by atoms with Crippen molar-refractivity contribution in [2.24, 2.45) is 0 Å². The van der Waals surface area contributed by atoms with E-state index in [0.29, 0.717) is 17.3 Å². The van der Waals surface area contributed by atoms with Crippen LogP contribution in [0.15, 0.2) is 54.6 Å². The van der Waals surface area contributed by atoms with Gasteiger partial charge in [-0.15, -0.1) is 0 Å². The van der Waals surface area contributed by atoms with Crippen molar-refractivity contribution in [3.8, 4) is 5.75 Å². The Morgan fingerprint density at radius 3 is 2.32 bits per heavy atom. The summed E-state index contributed by atoms with van der Waals surface area (Å²) in [7, 11) is 0. The van der Waals surface area contributed by atoms with E-state index in [1.165, 1.54) is 12.0 Å². The number of nitrogens with one attached hydrogen (secondary N) is 1. The second-order valence-corrected chi connectivity index (χ2v) is 7.69. The minimum atomic E-state index is -0.949. The van der Waals surface area contributed by atoms with E-state index in [-0.39, 0.29) is 11.3 Å². The first-order valence-corrected chi connectivity index (χ1v) is 9.08. The van der Waals surface area contributed by atoms with Crippen LogP contribution in [0, 0.1) is 0 Å². The highest BCUT2D eigenvalue weighted by atomic mass is 35.5. The Morgan fingerprint density at radius 2 is 1.76 bits per heavy atom. The van der Waals surface area contributed by atoms with E-state index < -0.39 is 5.60 Å². The molecule has 3 rings (SSSR count). The van der Waals surface area contributed by atoms with Gasteiger partial charge in [-0.1, -0.05) is 48.4 Å². The van der Waals surface area contributed by atoms with Crippen molar-refractivity contribution in [3.05, 3.63) is 65.2 Å². The number of hydrogen-bond donors (Lipinski definition) is 1. The number of carbonyl (C=O) groups is 1. The topological polar surface area (TPSA) is 38.3 Å². The maximum absolute atomic E-state index is 12.7. The van der Waals surface area contributed by atoms with Crippen LogP contribution in [-0.2, 0) is 10.2 Å². The molecule has 2 aromatic rings. The van der Waals surface area contributed by atoms with Gasteiger partial charge in [-0.25, -0.2) is 0 Å². The molecule has 3 nitrogen and oxygen atoms in total. The summed E-state index contributed by atoms with van der Waals surface area (Å²) >= 11 is 5.89. The molecule has 0 atom stereocenters. The van der Waals surface area contributed by atoms with Gasteiger partial charge in [0.15, 0.2) is 5.60 Å². The van der Waals surface area contributed by atoms with Gasteiger partial charge in [0.2, 0.25) is 0 Å². The zero-order valence-corrected chi connectivity index (χ0v) is 15.5. The average Bonchev–Trinajstić information content (AvgIpc) is 2.56. The summed E-state index contributed by atoms with van der Waals surface area (Å²) < 4.78 is 5.87. The van der Waals surface area contributed by atoms with E-state index in [1.54, 1.807) is 38.1 Å². The van der Waals surface area contributed by atoms with Gasteiger partial charge in [0.25, 0.3) is 5.91 Å². The van der Waals surface area contributed by atoms with E-state index in [1.807, 2.05) is 6.07 Å². The molecule has 1 saturated carbocycles. The molecule has 0 aromatic heterocycles.